The molecular weight excluding hydrogens is 306 g/mol. The number of hydrogen-bond donors (Lipinski definition) is 0. The fourth-order valence-corrected chi connectivity index (χ4v) is 3.12. The first-order valence-corrected chi connectivity index (χ1v) is 8.04. The molecule has 0 saturated heterocycles. The summed E-state index contributed by atoms with van der Waals surface area (Å²) in [6.07, 6.45) is 2.08. The van der Waals surface area contributed by atoms with Gasteiger partial charge >= 0.3 is 0 Å². The second-order valence-corrected chi connectivity index (χ2v) is 5.97. The first kappa shape index (κ1) is 14.2. The second kappa shape index (κ2) is 5.98. The molecule has 3 aromatic carbocycles. The lowest BCUT2D eigenvalue weighted by Gasteiger charge is -2.10. The molecule has 1 heterocycles. The van der Waals surface area contributed by atoms with Crippen molar-refractivity contribution < 1.29 is 4.74 Å². The van der Waals surface area contributed by atoms with Crippen LogP contribution in [0.15, 0.2) is 72.9 Å². The van der Waals surface area contributed by atoms with Crippen LogP contribution in [0.4, 0.5) is 0 Å². The van der Waals surface area contributed by atoms with Crippen LogP contribution in [0.2, 0.25) is 5.02 Å². The number of benzene rings is 3. The first-order valence-electron chi connectivity index (χ1n) is 7.66. The Morgan fingerprint density at radius 1 is 0.870 bits per heavy atom. The Hall–Kier alpha value is -2.45. The predicted octanol–water partition coefficient (Wildman–Crippen LogP) is 5.53. The van der Waals surface area contributed by atoms with Crippen LogP contribution in [0.5, 0.6) is 5.75 Å². The maximum atomic E-state index is 6.03. The van der Waals surface area contributed by atoms with E-state index < -0.39 is 0 Å². The Morgan fingerprint density at radius 3 is 2.70 bits per heavy atom. The summed E-state index contributed by atoms with van der Waals surface area (Å²) in [6.45, 7) is 1.43. The Bertz CT molecular complexity index is 968. The fourth-order valence-electron chi connectivity index (χ4n) is 2.94. The molecular formula is C20H16ClNO. The van der Waals surface area contributed by atoms with Gasteiger partial charge in [0.25, 0.3) is 0 Å². The number of rotatable bonds is 4. The second-order valence-electron chi connectivity index (χ2n) is 5.54. The Labute approximate surface area is 139 Å². The van der Waals surface area contributed by atoms with E-state index in [-0.39, 0.29) is 0 Å². The number of nitrogens with zero attached hydrogens (tertiary/aromatic N) is 1. The van der Waals surface area contributed by atoms with Gasteiger partial charge in [0.1, 0.15) is 12.4 Å². The summed E-state index contributed by atoms with van der Waals surface area (Å²) in [7, 11) is 0. The summed E-state index contributed by atoms with van der Waals surface area (Å²) in [5.74, 6) is 0.933. The van der Waals surface area contributed by atoms with Crippen molar-refractivity contribution in [1.82, 2.24) is 4.57 Å². The monoisotopic (exact) mass is 321 g/mol. The van der Waals surface area contributed by atoms with Crippen molar-refractivity contribution in [1.29, 1.82) is 0 Å². The quantitative estimate of drug-likeness (QED) is 0.482. The van der Waals surface area contributed by atoms with Crippen LogP contribution in [-0.4, -0.2) is 11.2 Å². The number of hydrogen-bond acceptors (Lipinski definition) is 1. The first-order chi connectivity index (χ1) is 11.3. The lowest BCUT2D eigenvalue weighted by molar-refractivity contribution is 0.304. The van der Waals surface area contributed by atoms with Gasteiger partial charge in [0.05, 0.1) is 6.54 Å². The van der Waals surface area contributed by atoms with Gasteiger partial charge in [0, 0.05) is 27.5 Å². The minimum atomic E-state index is 0.625. The van der Waals surface area contributed by atoms with Gasteiger partial charge in [-0.15, -0.1) is 0 Å². The molecule has 4 aromatic rings. The van der Waals surface area contributed by atoms with Crippen molar-refractivity contribution in [3.63, 3.8) is 0 Å². The number of fused-ring (bicyclic) bond motifs is 2. The van der Waals surface area contributed by atoms with Gasteiger partial charge in [-0.05, 0) is 35.7 Å². The molecule has 3 heteroatoms. The molecule has 4 rings (SSSR count). The maximum Gasteiger partial charge on any atom is 0.127 e. The van der Waals surface area contributed by atoms with Crippen molar-refractivity contribution in [2.75, 3.05) is 6.61 Å². The molecule has 2 nitrogen and oxygen atoms in total. The van der Waals surface area contributed by atoms with Crippen LogP contribution in [0.3, 0.4) is 0 Å². The van der Waals surface area contributed by atoms with E-state index in [4.69, 9.17) is 16.3 Å². The molecule has 0 N–H and O–H groups in total. The van der Waals surface area contributed by atoms with Gasteiger partial charge in [-0.1, -0.05) is 48.0 Å². The maximum absolute atomic E-state index is 6.03. The minimum absolute atomic E-state index is 0.625. The Morgan fingerprint density at radius 2 is 1.74 bits per heavy atom. The molecule has 1 aromatic heterocycles. The average Bonchev–Trinajstić information content (AvgIpc) is 2.97. The summed E-state index contributed by atoms with van der Waals surface area (Å²) in [5.41, 5.74) is 1.18. The van der Waals surface area contributed by atoms with E-state index >= 15 is 0 Å². The van der Waals surface area contributed by atoms with Gasteiger partial charge in [0.15, 0.2) is 0 Å². The van der Waals surface area contributed by atoms with Crippen molar-refractivity contribution in [2.24, 2.45) is 0 Å². The highest BCUT2D eigenvalue weighted by Gasteiger charge is 2.04. The molecule has 0 saturated carbocycles. The molecule has 0 radical (unpaired) electrons. The van der Waals surface area contributed by atoms with E-state index in [1.165, 1.54) is 10.9 Å². The number of halogens is 1. The third-order valence-corrected chi connectivity index (χ3v) is 4.31. The summed E-state index contributed by atoms with van der Waals surface area (Å²) < 4.78 is 8.21. The minimum Gasteiger partial charge on any atom is -0.491 e. The Kier molecular flexibility index (Phi) is 3.68. The summed E-state index contributed by atoms with van der Waals surface area (Å²) >= 11 is 6.03. The summed E-state index contributed by atoms with van der Waals surface area (Å²) in [6, 6.07) is 22.5. The molecule has 0 bridgehead atoms. The molecule has 0 unspecified atom stereocenters. The van der Waals surface area contributed by atoms with Crippen molar-refractivity contribution in [2.45, 2.75) is 6.54 Å². The standard InChI is InChI=1S/C20H16ClNO/c21-17-8-9-19-16(14-17)10-11-22(19)12-13-23-20-7-3-5-15-4-1-2-6-18(15)20/h1-11,14H,12-13H2. The van der Waals surface area contributed by atoms with E-state index in [1.54, 1.807) is 0 Å². The van der Waals surface area contributed by atoms with Crippen LogP contribution in [-0.2, 0) is 6.54 Å². The summed E-state index contributed by atoms with van der Waals surface area (Å²) in [4.78, 5) is 0. The van der Waals surface area contributed by atoms with Crippen molar-refractivity contribution in [3.05, 3.63) is 77.9 Å². The van der Waals surface area contributed by atoms with E-state index in [9.17, 15) is 0 Å². The van der Waals surface area contributed by atoms with Gasteiger partial charge in [-0.25, -0.2) is 0 Å². The molecule has 0 atom stereocenters. The molecule has 23 heavy (non-hydrogen) atoms. The molecule has 0 fully saturated rings. The van der Waals surface area contributed by atoms with Crippen molar-refractivity contribution in [3.8, 4) is 5.75 Å². The zero-order valence-corrected chi connectivity index (χ0v) is 13.3. The highest BCUT2D eigenvalue weighted by Crippen LogP contribution is 2.25. The molecule has 114 valence electrons. The van der Waals surface area contributed by atoms with E-state index in [2.05, 4.69) is 41.1 Å². The van der Waals surface area contributed by atoms with Gasteiger partial charge < -0.3 is 9.30 Å². The van der Waals surface area contributed by atoms with Gasteiger partial charge in [-0.2, -0.15) is 0 Å². The highest BCUT2D eigenvalue weighted by molar-refractivity contribution is 6.31. The predicted molar refractivity (Wildman–Crippen MR) is 96.4 cm³/mol. The normalized spacial score (nSPS) is 11.2. The van der Waals surface area contributed by atoms with Gasteiger partial charge in [-0.3, -0.25) is 0 Å². The zero-order valence-electron chi connectivity index (χ0n) is 12.6. The highest BCUT2D eigenvalue weighted by atomic mass is 35.5. The topological polar surface area (TPSA) is 14.2 Å². The van der Waals surface area contributed by atoms with E-state index in [0.717, 1.165) is 28.1 Å². The third kappa shape index (κ3) is 2.78. The molecule has 0 aliphatic carbocycles. The van der Waals surface area contributed by atoms with Crippen molar-refractivity contribution >= 4 is 33.3 Å². The van der Waals surface area contributed by atoms with Gasteiger partial charge in [0.2, 0.25) is 0 Å². The molecule has 0 spiro atoms. The molecule has 0 aliphatic heterocycles. The lowest BCUT2D eigenvalue weighted by atomic mass is 10.1. The summed E-state index contributed by atoms with van der Waals surface area (Å²) in [5, 5.41) is 4.27. The van der Waals surface area contributed by atoms with Crippen LogP contribution in [0.1, 0.15) is 0 Å². The van der Waals surface area contributed by atoms with E-state index in [1.807, 2.05) is 36.4 Å². The SMILES string of the molecule is Clc1ccc2c(ccn2CCOc2cccc3ccccc23)c1. The number of ether oxygens (including phenoxy) is 1. The molecule has 0 aliphatic rings. The third-order valence-electron chi connectivity index (χ3n) is 4.07. The average molecular weight is 322 g/mol. The fraction of sp³-hybridized carbons (Fsp3) is 0.100. The van der Waals surface area contributed by atoms with Crippen LogP contribution in [0, 0.1) is 0 Å². The lowest BCUT2D eigenvalue weighted by Crippen LogP contribution is -2.07. The van der Waals surface area contributed by atoms with E-state index in [0.29, 0.717) is 6.61 Å². The molecule has 0 amide bonds. The van der Waals surface area contributed by atoms with Crippen LogP contribution in [0.25, 0.3) is 21.7 Å². The number of aromatic nitrogens is 1. The largest absolute Gasteiger partial charge is 0.491 e. The zero-order chi connectivity index (χ0) is 15.6. The van der Waals surface area contributed by atoms with Crippen LogP contribution >= 0.6 is 11.6 Å². The smallest absolute Gasteiger partial charge is 0.127 e. The van der Waals surface area contributed by atoms with Crippen LogP contribution < -0.4 is 4.74 Å². The Balaban J connectivity index is 1.52.